The lowest BCUT2D eigenvalue weighted by atomic mass is 9.86. The maximum Gasteiger partial charge on any atom is 0.327 e. The van der Waals surface area contributed by atoms with Gasteiger partial charge in [0.2, 0.25) is 0 Å². The van der Waals surface area contributed by atoms with Crippen molar-refractivity contribution in [3.63, 3.8) is 0 Å². The number of aromatic amines is 1. The van der Waals surface area contributed by atoms with Crippen LogP contribution in [0.3, 0.4) is 0 Å². The minimum atomic E-state index is -0.0767. The highest BCUT2D eigenvalue weighted by molar-refractivity contribution is 7.22. The van der Waals surface area contributed by atoms with Gasteiger partial charge in [-0.2, -0.15) is 0 Å². The van der Waals surface area contributed by atoms with Crippen LogP contribution in [0.5, 0.6) is 0 Å². The third-order valence-electron chi connectivity index (χ3n) is 4.58. The zero-order valence-corrected chi connectivity index (χ0v) is 13.6. The van der Waals surface area contributed by atoms with Gasteiger partial charge in [0.05, 0.1) is 15.7 Å². The first-order valence-electron chi connectivity index (χ1n) is 7.95. The summed E-state index contributed by atoms with van der Waals surface area (Å²) in [5, 5.41) is 4.44. The lowest BCUT2D eigenvalue weighted by Gasteiger charge is -2.36. The van der Waals surface area contributed by atoms with E-state index in [0.29, 0.717) is 6.04 Å². The molecule has 6 nitrogen and oxygen atoms in total. The molecule has 1 aliphatic rings. The lowest BCUT2D eigenvalue weighted by molar-refractivity contribution is 0.282. The smallest absolute Gasteiger partial charge is 0.327 e. The molecule has 0 aliphatic heterocycles. The Balaban J connectivity index is 1.34. The van der Waals surface area contributed by atoms with Gasteiger partial charge in [0.1, 0.15) is 0 Å². The number of thiazole rings is 1. The largest absolute Gasteiger partial charge is 0.359 e. The van der Waals surface area contributed by atoms with Crippen LogP contribution in [0.15, 0.2) is 47.4 Å². The number of H-pyrrole nitrogens is 1. The Bertz CT molecular complexity index is 1060. The van der Waals surface area contributed by atoms with E-state index < -0.39 is 0 Å². The van der Waals surface area contributed by atoms with Crippen molar-refractivity contribution in [1.82, 2.24) is 19.5 Å². The maximum absolute atomic E-state index is 12.2. The average molecular weight is 337 g/mol. The van der Waals surface area contributed by atoms with E-state index in [1.54, 1.807) is 22.1 Å². The van der Waals surface area contributed by atoms with Crippen molar-refractivity contribution in [1.29, 1.82) is 0 Å². The minimum Gasteiger partial charge on any atom is -0.359 e. The van der Waals surface area contributed by atoms with Gasteiger partial charge >= 0.3 is 5.69 Å². The monoisotopic (exact) mass is 337 g/mol. The highest BCUT2D eigenvalue weighted by Gasteiger charge is 2.33. The first kappa shape index (κ1) is 13.7. The Labute approximate surface area is 141 Å². The predicted molar refractivity (Wildman–Crippen MR) is 95.7 cm³/mol. The van der Waals surface area contributed by atoms with E-state index in [4.69, 9.17) is 0 Å². The summed E-state index contributed by atoms with van der Waals surface area (Å²) in [5.74, 6) is 0. The number of imidazole rings is 1. The van der Waals surface area contributed by atoms with Gasteiger partial charge in [-0.05, 0) is 37.1 Å². The van der Waals surface area contributed by atoms with Crippen LogP contribution in [0.2, 0.25) is 0 Å². The van der Waals surface area contributed by atoms with E-state index in [9.17, 15) is 4.79 Å². The van der Waals surface area contributed by atoms with Gasteiger partial charge in [-0.1, -0.05) is 23.5 Å². The molecular weight excluding hydrogens is 322 g/mol. The third-order valence-corrected chi connectivity index (χ3v) is 5.54. The standard InChI is InChI=1S/C17H15N5OS/c23-17-21-13-5-3-7-18-15(13)22(17)11-8-10(9-11)19-16-20-12-4-1-2-6-14(12)24-16/h1-7,10-11H,8-9H2,(H,19,20)(H,21,23)/t10-,11-. The van der Waals surface area contributed by atoms with E-state index in [-0.39, 0.29) is 11.7 Å². The molecule has 3 aromatic heterocycles. The Morgan fingerprint density at radius 2 is 2.08 bits per heavy atom. The van der Waals surface area contributed by atoms with Crippen LogP contribution in [0, 0.1) is 0 Å². The fourth-order valence-electron chi connectivity index (χ4n) is 3.32. The van der Waals surface area contributed by atoms with E-state index in [2.05, 4.69) is 26.3 Å². The lowest BCUT2D eigenvalue weighted by Crippen LogP contribution is -2.40. The van der Waals surface area contributed by atoms with Gasteiger partial charge in [0, 0.05) is 18.3 Å². The highest BCUT2D eigenvalue weighted by Crippen LogP contribution is 2.36. The molecule has 24 heavy (non-hydrogen) atoms. The second-order valence-corrected chi connectivity index (χ2v) is 7.16. The zero-order chi connectivity index (χ0) is 16.1. The first-order valence-corrected chi connectivity index (χ1v) is 8.77. The number of hydrogen-bond acceptors (Lipinski definition) is 5. The van der Waals surface area contributed by atoms with Crippen molar-refractivity contribution >= 4 is 37.8 Å². The number of nitrogens with zero attached hydrogens (tertiary/aromatic N) is 3. The Hall–Kier alpha value is -2.67. The Kier molecular flexibility index (Phi) is 2.96. The fraction of sp³-hybridized carbons (Fsp3) is 0.235. The van der Waals surface area contributed by atoms with Gasteiger partial charge in [-0.3, -0.25) is 4.57 Å². The van der Waals surface area contributed by atoms with Crippen LogP contribution in [-0.4, -0.2) is 25.6 Å². The quantitative estimate of drug-likeness (QED) is 0.602. The van der Waals surface area contributed by atoms with Gasteiger partial charge in [0.25, 0.3) is 0 Å². The summed E-state index contributed by atoms with van der Waals surface area (Å²) in [6.07, 6.45) is 3.53. The molecule has 2 N–H and O–H groups in total. The summed E-state index contributed by atoms with van der Waals surface area (Å²) in [6.45, 7) is 0. The first-order chi connectivity index (χ1) is 11.8. The number of nitrogens with one attached hydrogen (secondary N) is 2. The van der Waals surface area contributed by atoms with Crippen molar-refractivity contribution < 1.29 is 0 Å². The topological polar surface area (TPSA) is 75.6 Å². The number of pyridine rings is 1. The number of benzene rings is 1. The number of hydrogen-bond donors (Lipinski definition) is 2. The number of aromatic nitrogens is 4. The molecule has 120 valence electrons. The second-order valence-electron chi connectivity index (χ2n) is 6.13. The molecule has 4 aromatic rings. The van der Waals surface area contributed by atoms with Gasteiger partial charge in [0.15, 0.2) is 10.8 Å². The summed E-state index contributed by atoms with van der Waals surface area (Å²) >= 11 is 1.67. The minimum absolute atomic E-state index is 0.0767. The maximum atomic E-state index is 12.2. The van der Waals surface area contributed by atoms with E-state index in [0.717, 1.165) is 34.7 Å². The van der Waals surface area contributed by atoms with Crippen molar-refractivity contribution in [3.05, 3.63) is 53.1 Å². The molecule has 1 aliphatic carbocycles. The number of rotatable bonds is 3. The highest BCUT2D eigenvalue weighted by atomic mass is 32.1. The van der Waals surface area contributed by atoms with Crippen LogP contribution in [0.4, 0.5) is 5.13 Å². The van der Waals surface area contributed by atoms with Gasteiger partial charge < -0.3 is 10.3 Å². The van der Waals surface area contributed by atoms with E-state index in [1.807, 2.05) is 30.3 Å². The summed E-state index contributed by atoms with van der Waals surface area (Å²) in [5.41, 5.74) is 2.49. The van der Waals surface area contributed by atoms with E-state index in [1.165, 1.54) is 4.70 Å². The van der Waals surface area contributed by atoms with Crippen LogP contribution in [0.1, 0.15) is 18.9 Å². The molecule has 0 atom stereocenters. The molecule has 5 rings (SSSR count). The molecular formula is C17H15N5OS. The molecule has 0 unspecified atom stereocenters. The van der Waals surface area contributed by atoms with Crippen molar-refractivity contribution in [2.75, 3.05) is 5.32 Å². The van der Waals surface area contributed by atoms with Gasteiger partial charge in [-0.15, -0.1) is 0 Å². The van der Waals surface area contributed by atoms with Crippen LogP contribution in [0.25, 0.3) is 21.4 Å². The number of anilines is 1. The summed E-state index contributed by atoms with van der Waals surface area (Å²) in [7, 11) is 0. The molecule has 1 fully saturated rings. The predicted octanol–water partition coefficient (Wildman–Crippen LogP) is 3.15. The van der Waals surface area contributed by atoms with Crippen molar-refractivity contribution in [2.45, 2.75) is 24.9 Å². The normalized spacial score (nSPS) is 20.3. The van der Waals surface area contributed by atoms with Gasteiger partial charge in [-0.25, -0.2) is 14.8 Å². The van der Waals surface area contributed by atoms with Crippen LogP contribution < -0.4 is 11.0 Å². The van der Waals surface area contributed by atoms with E-state index >= 15 is 0 Å². The zero-order valence-electron chi connectivity index (χ0n) is 12.8. The number of fused-ring (bicyclic) bond motifs is 2. The van der Waals surface area contributed by atoms with Crippen LogP contribution >= 0.6 is 11.3 Å². The molecule has 0 saturated heterocycles. The Morgan fingerprint density at radius 1 is 1.21 bits per heavy atom. The third kappa shape index (κ3) is 2.12. The molecule has 0 radical (unpaired) electrons. The van der Waals surface area contributed by atoms with Crippen LogP contribution in [-0.2, 0) is 0 Å². The fourth-order valence-corrected chi connectivity index (χ4v) is 4.26. The molecule has 3 heterocycles. The summed E-state index contributed by atoms with van der Waals surface area (Å²) in [4.78, 5) is 24.0. The summed E-state index contributed by atoms with van der Waals surface area (Å²) in [6, 6.07) is 12.4. The molecule has 0 spiro atoms. The van der Waals surface area contributed by atoms with Crippen molar-refractivity contribution in [3.8, 4) is 0 Å². The molecule has 1 saturated carbocycles. The molecule has 0 bridgehead atoms. The average Bonchev–Trinajstić information content (AvgIpc) is 3.10. The molecule has 7 heteroatoms. The SMILES string of the molecule is O=c1[nH]c2cccnc2n1[C@H]1C[C@H](Nc2nc3ccccc3s2)C1. The summed E-state index contributed by atoms with van der Waals surface area (Å²) < 4.78 is 2.97. The Morgan fingerprint density at radius 3 is 2.96 bits per heavy atom. The van der Waals surface area contributed by atoms with Crippen molar-refractivity contribution in [2.24, 2.45) is 0 Å². The second kappa shape index (κ2) is 5.17. The number of para-hydroxylation sites is 1. The molecule has 1 aromatic carbocycles. The molecule has 0 amide bonds.